The largest absolute Gasteiger partial charge is 0.497 e. The van der Waals surface area contributed by atoms with Crippen molar-refractivity contribution >= 4 is 6.29 Å². The molecule has 0 bridgehead atoms. The number of aldehydes is 1. The molecule has 0 fully saturated rings. The molecule has 0 spiro atoms. The van der Waals surface area contributed by atoms with Crippen molar-refractivity contribution in [2.75, 3.05) is 14.2 Å². The van der Waals surface area contributed by atoms with Crippen molar-refractivity contribution in [1.29, 1.82) is 0 Å². The molecule has 4 heteroatoms. The summed E-state index contributed by atoms with van der Waals surface area (Å²) in [6, 6.07) is 11.7. The maximum atomic E-state index is 13.8. The number of ether oxygens (including phenoxy) is 2. The van der Waals surface area contributed by atoms with Crippen molar-refractivity contribution in [3.8, 4) is 11.5 Å². The fourth-order valence-corrected chi connectivity index (χ4v) is 2.29. The molecule has 110 valence electrons. The minimum absolute atomic E-state index is 0.352. The van der Waals surface area contributed by atoms with Crippen LogP contribution in [0, 0.1) is 5.82 Å². The van der Waals surface area contributed by atoms with E-state index in [1.54, 1.807) is 50.6 Å². The third-order valence-corrected chi connectivity index (χ3v) is 3.40. The molecule has 21 heavy (non-hydrogen) atoms. The molecule has 0 aliphatic carbocycles. The number of halogens is 1. The van der Waals surface area contributed by atoms with Gasteiger partial charge >= 0.3 is 0 Å². The van der Waals surface area contributed by atoms with E-state index in [-0.39, 0.29) is 5.82 Å². The number of hydrogen-bond acceptors (Lipinski definition) is 3. The predicted octanol–water partition coefficient (Wildman–Crippen LogP) is 3.37. The van der Waals surface area contributed by atoms with Crippen LogP contribution in [-0.2, 0) is 11.2 Å². The van der Waals surface area contributed by atoms with E-state index in [9.17, 15) is 9.18 Å². The Morgan fingerprint density at radius 2 is 1.90 bits per heavy atom. The summed E-state index contributed by atoms with van der Waals surface area (Å²) in [7, 11) is 3.13. The van der Waals surface area contributed by atoms with Gasteiger partial charge in [-0.25, -0.2) is 4.39 Å². The van der Waals surface area contributed by atoms with Gasteiger partial charge in [-0.05, 0) is 41.8 Å². The highest BCUT2D eigenvalue weighted by Gasteiger charge is 2.18. The minimum atomic E-state index is -0.563. The Labute approximate surface area is 123 Å². The van der Waals surface area contributed by atoms with Crippen LogP contribution in [0.3, 0.4) is 0 Å². The molecule has 3 nitrogen and oxygen atoms in total. The van der Waals surface area contributed by atoms with Crippen LogP contribution in [0.25, 0.3) is 0 Å². The zero-order chi connectivity index (χ0) is 15.2. The average molecular weight is 288 g/mol. The van der Waals surface area contributed by atoms with Gasteiger partial charge < -0.3 is 14.3 Å². The van der Waals surface area contributed by atoms with E-state index in [2.05, 4.69) is 0 Å². The highest BCUT2D eigenvalue weighted by atomic mass is 19.1. The van der Waals surface area contributed by atoms with E-state index in [1.807, 2.05) is 0 Å². The molecule has 0 N–H and O–H groups in total. The van der Waals surface area contributed by atoms with Crippen molar-refractivity contribution < 1.29 is 18.7 Å². The first-order valence-electron chi connectivity index (χ1n) is 6.60. The molecule has 0 radical (unpaired) electrons. The smallest absolute Gasteiger partial charge is 0.127 e. The van der Waals surface area contributed by atoms with Gasteiger partial charge in [-0.2, -0.15) is 0 Å². The third kappa shape index (κ3) is 3.40. The van der Waals surface area contributed by atoms with Gasteiger partial charge in [-0.3, -0.25) is 0 Å². The highest BCUT2D eigenvalue weighted by Crippen LogP contribution is 2.29. The van der Waals surface area contributed by atoms with Gasteiger partial charge in [0.2, 0.25) is 0 Å². The van der Waals surface area contributed by atoms with Gasteiger partial charge in [-0.1, -0.05) is 18.2 Å². The van der Waals surface area contributed by atoms with Gasteiger partial charge in [0.25, 0.3) is 0 Å². The van der Waals surface area contributed by atoms with E-state index in [0.717, 1.165) is 11.8 Å². The standard InChI is InChI=1S/C17H17FO3/c1-20-14-7-8-17(21-2)12(10-14)9-13(11-19)15-5-3-4-6-16(15)18/h3-8,10-11,13H,9H2,1-2H3. The van der Waals surface area contributed by atoms with Gasteiger partial charge in [0.15, 0.2) is 0 Å². The zero-order valence-corrected chi connectivity index (χ0v) is 12.0. The Morgan fingerprint density at radius 3 is 2.52 bits per heavy atom. The Kier molecular flexibility index (Phi) is 4.93. The lowest BCUT2D eigenvalue weighted by atomic mass is 9.92. The lowest BCUT2D eigenvalue weighted by Crippen LogP contribution is -2.08. The van der Waals surface area contributed by atoms with Crippen LogP contribution >= 0.6 is 0 Å². The Bertz CT molecular complexity index is 625. The molecule has 2 rings (SSSR count). The summed E-state index contributed by atoms with van der Waals surface area (Å²) in [6.07, 6.45) is 1.11. The van der Waals surface area contributed by atoms with Crippen molar-refractivity contribution in [3.05, 3.63) is 59.4 Å². The molecule has 0 aliphatic rings. The first-order chi connectivity index (χ1) is 10.2. The molecule has 2 aromatic rings. The number of methoxy groups -OCH3 is 2. The topological polar surface area (TPSA) is 35.5 Å². The molecule has 0 heterocycles. The molecule has 0 saturated heterocycles. The summed E-state index contributed by atoms with van der Waals surface area (Å²) in [5.74, 6) is 0.381. The van der Waals surface area contributed by atoms with Crippen LogP contribution in [0.5, 0.6) is 11.5 Å². The molecule has 0 amide bonds. The summed E-state index contributed by atoms with van der Waals surface area (Å²) in [6.45, 7) is 0. The number of carbonyl (C=O) groups excluding carboxylic acids is 1. The second-order valence-corrected chi connectivity index (χ2v) is 4.65. The molecule has 0 aromatic heterocycles. The molecular weight excluding hydrogens is 271 g/mol. The fraction of sp³-hybridized carbons (Fsp3) is 0.235. The Morgan fingerprint density at radius 1 is 1.14 bits per heavy atom. The van der Waals surface area contributed by atoms with Crippen LogP contribution in [0.4, 0.5) is 4.39 Å². The van der Waals surface area contributed by atoms with Gasteiger partial charge in [0.1, 0.15) is 23.6 Å². The summed E-state index contributed by atoms with van der Waals surface area (Å²) in [5.41, 5.74) is 1.19. The number of carbonyl (C=O) groups is 1. The van der Waals surface area contributed by atoms with E-state index in [1.165, 1.54) is 6.07 Å². The summed E-state index contributed by atoms with van der Waals surface area (Å²) < 4.78 is 24.3. The van der Waals surface area contributed by atoms with Crippen LogP contribution in [0.1, 0.15) is 17.0 Å². The predicted molar refractivity (Wildman–Crippen MR) is 78.5 cm³/mol. The zero-order valence-electron chi connectivity index (χ0n) is 12.0. The maximum absolute atomic E-state index is 13.8. The van der Waals surface area contributed by atoms with E-state index >= 15 is 0 Å². The third-order valence-electron chi connectivity index (χ3n) is 3.40. The molecule has 1 atom stereocenters. The first-order valence-corrected chi connectivity index (χ1v) is 6.60. The Balaban J connectivity index is 2.34. The Hall–Kier alpha value is -2.36. The number of rotatable bonds is 6. The summed E-state index contributed by atoms with van der Waals surface area (Å²) >= 11 is 0. The second-order valence-electron chi connectivity index (χ2n) is 4.65. The second kappa shape index (κ2) is 6.88. The van der Waals surface area contributed by atoms with Crippen molar-refractivity contribution in [1.82, 2.24) is 0 Å². The van der Waals surface area contributed by atoms with E-state index < -0.39 is 5.92 Å². The SMILES string of the molecule is COc1ccc(OC)c(CC(C=O)c2ccccc2F)c1. The normalized spacial score (nSPS) is 11.8. The van der Waals surface area contributed by atoms with Crippen LogP contribution in [0.15, 0.2) is 42.5 Å². The summed E-state index contributed by atoms with van der Waals surface area (Å²) in [5, 5.41) is 0. The number of benzene rings is 2. The quantitative estimate of drug-likeness (QED) is 0.765. The highest BCUT2D eigenvalue weighted by molar-refractivity contribution is 5.63. The van der Waals surface area contributed by atoms with E-state index in [4.69, 9.17) is 9.47 Å². The minimum Gasteiger partial charge on any atom is -0.497 e. The first kappa shape index (κ1) is 15.0. The molecule has 0 aliphatic heterocycles. The van der Waals surface area contributed by atoms with E-state index in [0.29, 0.717) is 23.5 Å². The molecule has 0 saturated carbocycles. The van der Waals surface area contributed by atoms with Crippen molar-refractivity contribution in [3.63, 3.8) is 0 Å². The van der Waals surface area contributed by atoms with Gasteiger partial charge in [0, 0.05) is 5.92 Å². The molecule has 1 unspecified atom stereocenters. The maximum Gasteiger partial charge on any atom is 0.127 e. The van der Waals surface area contributed by atoms with Crippen LogP contribution in [0.2, 0.25) is 0 Å². The summed E-state index contributed by atoms with van der Waals surface area (Å²) in [4.78, 5) is 11.4. The lowest BCUT2D eigenvalue weighted by molar-refractivity contribution is -0.109. The van der Waals surface area contributed by atoms with Gasteiger partial charge in [0.05, 0.1) is 14.2 Å². The van der Waals surface area contributed by atoms with Gasteiger partial charge in [-0.15, -0.1) is 0 Å². The number of hydrogen-bond donors (Lipinski definition) is 0. The monoisotopic (exact) mass is 288 g/mol. The van der Waals surface area contributed by atoms with Crippen LogP contribution < -0.4 is 9.47 Å². The fourth-order valence-electron chi connectivity index (χ4n) is 2.29. The molecular formula is C17H17FO3. The van der Waals surface area contributed by atoms with Crippen LogP contribution in [-0.4, -0.2) is 20.5 Å². The van der Waals surface area contributed by atoms with Crippen molar-refractivity contribution in [2.24, 2.45) is 0 Å². The lowest BCUT2D eigenvalue weighted by Gasteiger charge is -2.15. The molecule has 2 aromatic carbocycles. The average Bonchev–Trinajstić information content (AvgIpc) is 2.53. The van der Waals surface area contributed by atoms with Crippen molar-refractivity contribution in [2.45, 2.75) is 12.3 Å².